The summed E-state index contributed by atoms with van der Waals surface area (Å²) in [5.74, 6) is -0.666. The summed E-state index contributed by atoms with van der Waals surface area (Å²) in [5.41, 5.74) is 1.40. The van der Waals surface area contributed by atoms with Gasteiger partial charge in [-0.25, -0.2) is 4.79 Å². The molecule has 0 saturated carbocycles. The van der Waals surface area contributed by atoms with Crippen LogP contribution in [0.5, 0.6) is 0 Å². The fourth-order valence-electron chi connectivity index (χ4n) is 3.03. The van der Waals surface area contributed by atoms with E-state index < -0.39 is 11.7 Å². The molecule has 8 heteroatoms. The van der Waals surface area contributed by atoms with Crippen molar-refractivity contribution in [2.75, 3.05) is 5.32 Å². The van der Waals surface area contributed by atoms with Crippen molar-refractivity contribution in [3.63, 3.8) is 0 Å². The van der Waals surface area contributed by atoms with Gasteiger partial charge in [0.1, 0.15) is 15.9 Å². The summed E-state index contributed by atoms with van der Waals surface area (Å²) < 4.78 is 5.43. The van der Waals surface area contributed by atoms with Crippen LogP contribution >= 0.6 is 24.0 Å². The first-order valence-corrected chi connectivity index (χ1v) is 10.3. The molecule has 1 fully saturated rings. The smallest absolute Gasteiger partial charge is 0.336 e. The molecule has 1 unspecified atom stereocenters. The van der Waals surface area contributed by atoms with Crippen molar-refractivity contribution in [1.82, 2.24) is 4.90 Å². The molecule has 6 nitrogen and oxygen atoms in total. The van der Waals surface area contributed by atoms with Gasteiger partial charge in [0.2, 0.25) is 5.91 Å². The number of hydrogen-bond acceptors (Lipinski definition) is 6. The van der Waals surface area contributed by atoms with Crippen LogP contribution in [0.25, 0.3) is 17.0 Å². The lowest BCUT2D eigenvalue weighted by atomic mass is 10.2. The van der Waals surface area contributed by atoms with Crippen LogP contribution < -0.4 is 10.9 Å². The number of amides is 2. The number of hydrogen-bond donors (Lipinski definition) is 1. The maximum Gasteiger partial charge on any atom is 0.336 e. The lowest BCUT2D eigenvalue weighted by molar-refractivity contribution is -0.129. The maximum atomic E-state index is 12.9. The van der Waals surface area contributed by atoms with Crippen LogP contribution in [-0.2, 0) is 9.59 Å². The van der Waals surface area contributed by atoms with Crippen molar-refractivity contribution in [3.8, 4) is 0 Å². The molecule has 1 aromatic heterocycles. The highest BCUT2D eigenvalue weighted by molar-refractivity contribution is 8.26. The molecule has 1 N–H and O–H groups in total. The molecule has 150 valence electrons. The molecule has 2 amide bonds. The van der Waals surface area contributed by atoms with Crippen LogP contribution in [0.2, 0.25) is 0 Å². The maximum absolute atomic E-state index is 12.9. The molecule has 1 aliphatic rings. The number of thiocarbonyl (C=S) groups is 1. The van der Waals surface area contributed by atoms with Gasteiger partial charge < -0.3 is 9.73 Å². The molecule has 2 heterocycles. The van der Waals surface area contributed by atoms with E-state index in [0.717, 1.165) is 5.56 Å². The SMILES string of the molecule is CC(C(=O)Nc1ccc2oc(=O)ccc2c1)N1C(=O)C(=Cc2ccccc2)SC1=S. The lowest BCUT2D eigenvalue weighted by Gasteiger charge is -2.22. The molecule has 0 spiro atoms. The predicted molar refractivity (Wildman–Crippen MR) is 122 cm³/mol. The van der Waals surface area contributed by atoms with Crippen molar-refractivity contribution >= 4 is 62.8 Å². The van der Waals surface area contributed by atoms with E-state index in [-0.39, 0.29) is 11.8 Å². The van der Waals surface area contributed by atoms with Gasteiger partial charge in [0.15, 0.2) is 0 Å². The second kappa shape index (κ2) is 8.25. The minimum Gasteiger partial charge on any atom is -0.423 e. The quantitative estimate of drug-likeness (QED) is 0.378. The highest BCUT2D eigenvalue weighted by Gasteiger charge is 2.38. The number of thioether (sulfide) groups is 1. The number of fused-ring (bicyclic) bond motifs is 1. The second-order valence-corrected chi connectivity index (χ2v) is 8.31. The van der Waals surface area contributed by atoms with Crippen LogP contribution in [0.15, 0.2) is 74.8 Å². The van der Waals surface area contributed by atoms with E-state index in [4.69, 9.17) is 16.6 Å². The first kappa shape index (κ1) is 20.1. The Labute approximate surface area is 181 Å². The van der Waals surface area contributed by atoms with E-state index in [1.165, 1.54) is 22.7 Å². The topological polar surface area (TPSA) is 79.6 Å². The van der Waals surface area contributed by atoms with E-state index in [9.17, 15) is 14.4 Å². The first-order valence-electron chi connectivity index (χ1n) is 9.09. The first-order chi connectivity index (χ1) is 14.4. The average molecular weight is 437 g/mol. The van der Waals surface area contributed by atoms with Gasteiger partial charge in [-0.2, -0.15) is 0 Å². The molecule has 4 rings (SSSR count). The fourth-order valence-corrected chi connectivity index (χ4v) is 4.45. The Morgan fingerprint density at radius 2 is 1.90 bits per heavy atom. The minimum absolute atomic E-state index is 0.295. The van der Waals surface area contributed by atoms with Crippen molar-refractivity contribution in [1.29, 1.82) is 0 Å². The van der Waals surface area contributed by atoms with Gasteiger partial charge in [-0.1, -0.05) is 54.3 Å². The van der Waals surface area contributed by atoms with Gasteiger partial charge in [-0.15, -0.1) is 0 Å². The van der Waals surface area contributed by atoms with Gasteiger partial charge in [0, 0.05) is 17.1 Å². The summed E-state index contributed by atoms with van der Waals surface area (Å²) in [6.07, 6.45) is 1.76. The van der Waals surface area contributed by atoms with Crippen molar-refractivity contribution in [3.05, 3.63) is 81.6 Å². The average Bonchev–Trinajstić information content (AvgIpc) is 3.01. The van der Waals surface area contributed by atoms with E-state index in [1.807, 2.05) is 30.3 Å². The van der Waals surface area contributed by atoms with Gasteiger partial charge in [-0.05, 0) is 42.8 Å². The minimum atomic E-state index is -0.788. The number of anilines is 1. The summed E-state index contributed by atoms with van der Waals surface area (Å²) in [4.78, 5) is 38.7. The summed E-state index contributed by atoms with van der Waals surface area (Å²) in [7, 11) is 0. The number of benzene rings is 2. The van der Waals surface area contributed by atoms with Gasteiger partial charge in [0.05, 0.1) is 4.91 Å². The van der Waals surface area contributed by atoms with Gasteiger partial charge in [-0.3, -0.25) is 14.5 Å². The van der Waals surface area contributed by atoms with Crippen LogP contribution in [0, 0.1) is 0 Å². The second-order valence-electron chi connectivity index (χ2n) is 6.63. The molecule has 30 heavy (non-hydrogen) atoms. The van der Waals surface area contributed by atoms with Crippen molar-refractivity contribution < 1.29 is 14.0 Å². The Morgan fingerprint density at radius 3 is 2.67 bits per heavy atom. The highest BCUT2D eigenvalue weighted by atomic mass is 32.2. The van der Waals surface area contributed by atoms with E-state index >= 15 is 0 Å². The van der Waals surface area contributed by atoms with Crippen LogP contribution in [0.3, 0.4) is 0 Å². The number of rotatable bonds is 4. The zero-order chi connectivity index (χ0) is 21.3. The zero-order valence-electron chi connectivity index (χ0n) is 15.8. The van der Waals surface area contributed by atoms with Crippen LogP contribution in [0.1, 0.15) is 12.5 Å². The molecule has 0 aliphatic carbocycles. The van der Waals surface area contributed by atoms with E-state index in [2.05, 4.69) is 5.32 Å². The molecule has 0 bridgehead atoms. The summed E-state index contributed by atoms with van der Waals surface area (Å²) in [6, 6.07) is 16.5. The van der Waals surface area contributed by atoms with Crippen molar-refractivity contribution in [2.45, 2.75) is 13.0 Å². The van der Waals surface area contributed by atoms with Crippen LogP contribution in [0.4, 0.5) is 5.69 Å². The van der Waals surface area contributed by atoms with Crippen LogP contribution in [-0.4, -0.2) is 27.1 Å². The van der Waals surface area contributed by atoms with E-state index in [1.54, 1.807) is 37.3 Å². The molecule has 1 saturated heterocycles. The molecule has 3 aromatic rings. The largest absolute Gasteiger partial charge is 0.423 e. The third kappa shape index (κ3) is 4.05. The Kier molecular flexibility index (Phi) is 5.52. The third-order valence-corrected chi connectivity index (χ3v) is 5.90. The molecular formula is C22H16N2O4S2. The Bertz CT molecular complexity index is 1250. The van der Waals surface area contributed by atoms with E-state index in [0.29, 0.717) is 25.9 Å². The monoisotopic (exact) mass is 436 g/mol. The molecule has 0 radical (unpaired) electrons. The Hall–Kier alpha value is -3.23. The summed E-state index contributed by atoms with van der Waals surface area (Å²) in [6.45, 7) is 1.63. The Morgan fingerprint density at radius 1 is 1.13 bits per heavy atom. The molecule has 1 atom stereocenters. The number of carbonyl (C=O) groups is 2. The highest BCUT2D eigenvalue weighted by Crippen LogP contribution is 2.34. The molecule has 2 aromatic carbocycles. The van der Waals surface area contributed by atoms with Crippen molar-refractivity contribution in [2.24, 2.45) is 0 Å². The number of nitrogens with one attached hydrogen (secondary N) is 1. The van der Waals surface area contributed by atoms with Gasteiger partial charge >= 0.3 is 5.63 Å². The number of nitrogens with zero attached hydrogens (tertiary/aromatic N) is 1. The summed E-state index contributed by atoms with van der Waals surface area (Å²) >= 11 is 6.53. The fraction of sp³-hybridized carbons (Fsp3) is 0.0909. The molecule has 1 aliphatic heterocycles. The molecular weight excluding hydrogens is 420 g/mol. The lowest BCUT2D eigenvalue weighted by Crippen LogP contribution is -2.44. The summed E-state index contributed by atoms with van der Waals surface area (Å²) in [5, 5.41) is 3.47. The third-order valence-electron chi connectivity index (χ3n) is 4.57. The van der Waals surface area contributed by atoms with Gasteiger partial charge in [0.25, 0.3) is 5.91 Å². The number of carbonyl (C=O) groups excluding carboxylic acids is 2. The zero-order valence-corrected chi connectivity index (χ0v) is 17.5. The standard InChI is InChI=1S/C22H16N2O4S2/c1-13(20(26)23-16-8-9-17-15(12-16)7-10-19(25)28-17)24-21(27)18(30-22(24)29)11-14-5-3-2-4-6-14/h2-13H,1H3,(H,23,26). The Balaban J connectivity index is 1.51. The normalized spacial score (nSPS) is 16.3. The predicted octanol–water partition coefficient (Wildman–Crippen LogP) is 4.02.